The van der Waals surface area contributed by atoms with Crippen LogP contribution >= 0.6 is 0 Å². The second-order valence-electron chi connectivity index (χ2n) is 3.14. The van der Waals surface area contributed by atoms with Crippen molar-refractivity contribution in [3.63, 3.8) is 0 Å². The summed E-state index contributed by atoms with van der Waals surface area (Å²) in [6.45, 7) is 0. The Morgan fingerprint density at radius 1 is 1.47 bits per heavy atom. The number of rotatable bonds is 2. The second-order valence-corrected chi connectivity index (χ2v) is 3.14. The van der Waals surface area contributed by atoms with E-state index in [0.717, 1.165) is 12.1 Å². The average Bonchev–Trinajstić information content (AvgIpc) is 2.21. The number of carbonyl (C=O) groups excluding carboxylic acids is 1. The predicted octanol–water partition coefficient (Wildman–Crippen LogP) is 1.96. The summed E-state index contributed by atoms with van der Waals surface area (Å²) < 4.78 is 35.8. The molecule has 0 saturated heterocycles. The number of nitrogens with zero attached hydrogens (tertiary/aromatic N) is 1. The van der Waals surface area contributed by atoms with Gasteiger partial charge in [-0.3, -0.25) is 4.79 Å². The molecule has 0 bridgehead atoms. The molecule has 90 valence electrons. The Balaban J connectivity index is 2.87. The first-order chi connectivity index (χ1) is 7.84. The Kier molecular flexibility index (Phi) is 3.58. The van der Waals surface area contributed by atoms with Gasteiger partial charge in [0.05, 0.1) is 18.2 Å². The van der Waals surface area contributed by atoms with E-state index in [0.29, 0.717) is 5.56 Å². The zero-order valence-corrected chi connectivity index (χ0v) is 8.38. The van der Waals surface area contributed by atoms with Crippen molar-refractivity contribution in [1.82, 2.24) is 0 Å². The molecule has 1 amide bonds. The average molecular weight is 244 g/mol. The molecule has 1 rings (SSSR count). The maximum atomic E-state index is 11.9. The van der Waals surface area contributed by atoms with Gasteiger partial charge >= 0.3 is 12.1 Å². The van der Waals surface area contributed by atoms with Crippen molar-refractivity contribution in [2.45, 2.75) is 12.6 Å². The highest BCUT2D eigenvalue weighted by Crippen LogP contribution is 2.26. The molecule has 0 aliphatic heterocycles. The minimum absolute atomic E-state index is 0.0149. The third kappa shape index (κ3) is 3.38. The summed E-state index contributed by atoms with van der Waals surface area (Å²) >= 11 is 0. The lowest BCUT2D eigenvalue weighted by Gasteiger charge is -2.09. The molecule has 1 aromatic rings. The molecule has 0 aromatic heterocycles. The van der Waals surface area contributed by atoms with E-state index in [1.165, 1.54) is 11.4 Å². The Labute approximate surface area is 94.3 Å². The minimum Gasteiger partial charge on any atom is -0.506 e. The van der Waals surface area contributed by atoms with Gasteiger partial charge in [-0.15, -0.1) is 0 Å². The van der Waals surface area contributed by atoms with Crippen LogP contribution in [0, 0.1) is 11.3 Å². The fraction of sp³-hybridized carbons (Fsp3) is 0.200. The smallest absolute Gasteiger partial charge is 0.471 e. The van der Waals surface area contributed by atoms with Crippen molar-refractivity contribution in [2.75, 3.05) is 5.32 Å². The fourth-order valence-electron chi connectivity index (χ4n) is 1.08. The Bertz CT molecular complexity index is 477. The number of phenolic OH excluding ortho intramolecular Hbond substituents is 1. The summed E-state index contributed by atoms with van der Waals surface area (Å²) in [5.41, 5.74) is 0.0871. The van der Waals surface area contributed by atoms with E-state index in [1.54, 1.807) is 0 Å². The van der Waals surface area contributed by atoms with Crippen LogP contribution in [0.3, 0.4) is 0 Å². The Morgan fingerprint density at radius 2 is 2.12 bits per heavy atom. The lowest BCUT2D eigenvalue weighted by Crippen LogP contribution is -2.29. The van der Waals surface area contributed by atoms with Gasteiger partial charge in [0.1, 0.15) is 5.75 Å². The second kappa shape index (κ2) is 4.74. The van der Waals surface area contributed by atoms with Crippen molar-refractivity contribution in [2.24, 2.45) is 0 Å². The van der Waals surface area contributed by atoms with E-state index in [1.807, 2.05) is 6.07 Å². The summed E-state index contributed by atoms with van der Waals surface area (Å²) in [6.07, 6.45) is -5.00. The molecule has 2 N–H and O–H groups in total. The van der Waals surface area contributed by atoms with Crippen LogP contribution < -0.4 is 5.32 Å². The molecule has 0 atom stereocenters. The number of benzene rings is 1. The van der Waals surface area contributed by atoms with Crippen molar-refractivity contribution >= 4 is 11.6 Å². The standard InChI is InChI=1S/C10H7F3N2O2/c11-10(12,13)9(17)15-7-2-1-6(3-4-14)5-8(7)16/h1-2,5,16H,3H2,(H,15,17). The molecule has 0 aliphatic rings. The van der Waals surface area contributed by atoms with Crippen LogP contribution in [0.2, 0.25) is 0 Å². The number of alkyl halides is 3. The van der Waals surface area contributed by atoms with Gasteiger partial charge in [-0.25, -0.2) is 0 Å². The number of hydrogen-bond donors (Lipinski definition) is 2. The van der Waals surface area contributed by atoms with Crippen molar-refractivity contribution in [1.29, 1.82) is 5.26 Å². The van der Waals surface area contributed by atoms with Gasteiger partial charge in [0.15, 0.2) is 0 Å². The van der Waals surface area contributed by atoms with Crippen LogP contribution in [0.4, 0.5) is 18.9 Å². The molecule has 0 unspecified atom stereocenters. The summed E-state index contributed by atoms with van der Waals surface area (Å²) in [4.78, 5) is 10.6. The SMILES string of the molecule is N#CCc1ccc(NC(=O)C(F)(F)F)c(O)c1. The Morgan fingerprint density at radius 3 is 2.59 bits per heavy atom. The summed E-state index contributed by atoms with van der Waals surface area (Å²) in [7, 11) is 0. The fourth-order valence-corrected chi connectivity index (χ4v) is 1.08. The first kappa shape index (κ1) is 12.8. The number of nitriles is 1. The van der Waals surface area contributed by atoms with E-state index < -0.39 is 17.8 Å². The van der Waals surface area contributed by atoms with Crippen molar-refractivity contribution in [3.05, 3.63) is 23.8 Å². The van der Waals surface area contributed by atoms with Gasteiger partial charge in [0.25, 0.3) is 0 Å². The summed E-state index contributed by atoms with van der Waals surface area (Å²) in [5, 5.41) is 19.2. The minimum atomic E-state index is -5.02. The quantitative estimate of drug-likeness (QED) is 0.781. The number of amides is 1. The molecule has 4 nitrogen and oxygen atoms in total. The molecule has 0 fully saturated rings. The number of hydrogen-bond acceptors (Lipinski definition) is 3. The zero-order chi connectivity index (χ0) is 13.1. The first-order valence-corrected chi connectivity index (χ1v) is 4.41. The molecule has 17 heavy (non-hydrogen) atoms. The number of aromatic hydroxyl groups is 1. The third-order valence-corrected chi connectivity index (χ3v) is 1.85. The van der Waals surface area contributed by atoms with Crippen LogP contribution in [0.1, 0.15) is 5.56 Å². The lowest BCUT2D eigenvalue weighted by atomic mass is 10.1. The number of nitrogens with one attached hydrogen (secondary N) is 1. The molecule has 0 saturated carbocycles. The van der Waals surface area contributed by atoms with Gasteiger partial charge in [-0.2, -0.15) is 18.4 Å². The van der Waals surface area contributed by atoms with E-state index in [-0.39, 0.29) is 12.1 Å². The first-order valence-electron chi connectivity index (χ1n) is 4.41. The highest BCUT2D eigenvalue weighted by Gasteiger charge is 2.38. The van der Waals surface area contributed by atoms with Crippen molar-refractivity contribution in [3.8, 4) is 11.8 Å². The molecule has 1 aromatic carbocycles. The van der Waals surface area contributed by atoms with E-state index in [2.05, 4.69) is 0 Å². The maximum absolute atomic E-state index is 11.9. The van der Waals surface area contributed by atoms with Gasteiger partial charge < -0.3 is 10.4 Å². The normalized spacial score (nSPS) is 10.7. The van der Waals surface area contributed by atoms with Gasteiger partial charge in [0.2, 0.25) is 0 Å². The number of halogens is 3. The third-order valence-electron chi connectivity index (χ3n) is 1.85. The highest BCUT2D eigenvalue weighted by atomic mass is 19.4. The topological polar surface area (TPSA) is 73.1 Å². The largest absolute Gasteiger partial charge is 0.506 e. The molecule has 7 heteroatoms. The highest BCUT2D eigenvalue weighted by molar-refractivity contribution is 5.96. The van der Waals surface area contributed by atoms with Crippen LogP contribution in [-0.4, -0.2) is 17.2 Å². The van der Waals surface area contributed by atoms with Crippen LogP contribution in [0.25, 0.3) is 0 Å². The van der Waals surface area contributed by atoms with Gasteiger partial charge in [-0.1, -0.05) is 6.07 Å². The predicted molar refractivity (Wildman–Crippen MR) is 52.1 cm³/mol. The summed E-state index contributed by atoms with van der Waals surface area (Å²) in [5.74, 6) is -2.68. The maximum Gasteiger partial charge on any atom is 0.471 e. The zero-order valence-electron chi connectivity index (χ0n) is 8.38. The van der Waals surface area contributed by atoms with E-state index in [4.69, 9.17) is 5.26 Å². The van der Waals surface area contributed by atoms with Crippen LogP contribution in [0.5, 0.6) is 5.75 Å². The van der Waals surface area contributed by atoms with E-state index >= 15 is 0 Å². The molecule has 0 heterocycles. The molecular formula is C10H7F3N2O2. The number of anilines is 1. The monoisotopic (exact) mass is 244 g/mol. The Hall–Kier alpha value is -2.23. The molecule has 0 radical (unpaired) electrons. The van der Waals surface area contributed by atoms with Crippen LogP contribution in [0.15, 0.2) is 18.2 Å². The van der Waals surface area contributed by atoms with Crippen LogP contribution in [-0.2, 0) is 11.2 Å². The van der Waals surface area contributed by atoms with E-state index in [9.17, 15) is 23.1 Å². The lowest BCUT2D eigenvalue weighted by molar-refractivity contribution is -0.167. The number of carbonyl (C=O) groups is 1. The van der Waals surface area contributed by atoms with Crippen molar-refractivity contribution < 1.29 is 23.1 Å². The molecule has 0 aliphatic carbocycles. The number of phenols is 1. The molecule has 0 spiro atoms. The van der Waals surface area contributed by atoms with Gasteiger partial charge in [0, 0.05) is 0 Å². The van der Waals surface area contributed by atoms with Gasteiger partial charge in [-0.05, 0) is 17.7 Å². The summed E-state index contributed by atoms with van der Waals surface area (Å²) in [6, 6.07) is 5.38. The molecular weight excluding hydrogens is 237 g/mol.